The predicted molar refractivity (Wildman–Crippen MR) is 48.1 cm³/mol. The highest BCUT2D eigenvalue weighted by molar-refractivity contribution is 4.90. The van der Waals surface area contributed by atoms with Gasteiger partial charge in [0.25, 0.3) is 0 Å². The third-order valence-electron chi connectivity index (χ3n) is 1.54. The molecule has 0 heteroatoms. The fraction of sp³-hybridized carbons (Fsp3) is 0.800. The molecule has 0 nitrogen and oxygen atoms in total. The van der Waals surface area contributed by atoms with Crippen LogP contribution in [-0.4, -0.2) is 0 Å². The highest BCUT2D eigenvalue weighted by Gasteiger charge is 2.21. The van der Waals surface area contributed by atoms with E-state index < -0.39 is 0 Å². The summed E-state index contributed by atoms with van der Waals surface area (Å²) in [6.07, 6.45) is 3.24. The molecule has 0 saturated heterocycles. The summed E-state index contributed by atoms with van der Waals surface area (Å²) in [4.78, 5) is 0. The largest absolute Gasteiger partial charge is 0.103 e. The summed E-state index contributed by atoms with van der Waals surface area (Å²) >= 11 is 0. The van der Waals surface area contributed by atoms with Gasteiger partial charge in [0, 0.05) is 0 Å². The lowest BCUT2D eigenvalue weighted by molar-refractivity contribution is 0.262. The Morgan fingerprint density at radius 1 is 1.10 bits per heavy atom. The molecule has 0 saturated carbocycles. The zero-order chi connectivity index (χ0) is 8.41. The Kier molecular flexibility index (Phi) is 2.70. The fourth-order valence-electron chi connectivity index (χ4n) is 1.44. The van der Waals surface area contributed by atoms with Crippen LogP contribution >= 0.6 is 0 Å². The summed E-state index contributed by atoms with van der Waals surface area (Å²) < 4.78 is 0. The van der Waals surface area contributed by atoms with Crippen LogP contribution in [0.3, 0.4) is 0 Å². The van der Waals surface area contributed by atoms with Crippen LogP contribution in [-0.2, 0) is 0 Å². The summed E-state index contributed by atoms with van der Waals surface area (Å²) in [7, 11) is 0. The number of hydrogen-bond acceptors (Lipinski definition) is 0. The molecule has 60 valence electrons. The van der Waals surface area contributed by atoms with Crippen LogP contribution in [0.15, 0.2) is 12.7 Å². The van der Waals surface area contributed by atoms with E-state index in [4.69, 9.17) is 0 Å². The van der Waals surface area contributed by atoms with Gasteiger partial charge in [0.1, 0.15) is 0 Å². The van der Waals surface area contributed by atoms with Gasteiger partial charge in [-0.25, -0.2) is 0 Å². The SMILES string of the molecule is C=CC(C)(C)CC(C)(C)C. The second-order valence-electron chi connectivity index (χ2n) is 4.93. The van der Waals surface area contributed by atoms with Crippen molar-refractivity contribution in [2.75, 3.05) is 0 Å². The molecule has 0 atom stereocenters. The van der Waals surface area contributed by atoms with Crippen molar-refractivity contribution in [2.24, 2.45) is 10.8 Å². The van der Waals surface area contributed by atoms with Crippen LogP contribution in [0.5, 0.6) is 0 Å². The molecule has 0 spiro atoms. The average Bonchev–Trinajstić information content (AvgIpc) is 1.60. The van der Waals surface area contributed by atoms with Gasteiger partial charge in [-0.15, -0.1) is 6.58 Å². The molecule has 0 N–H and O–H groups in total. The maximum Gasteiger partial charge on any atom is -0.0173 e. The Hall–Kier alpha value is -0.260. The molecule has 0 aromatic carbocycles. The standard InChI is InChI=1S/C10H20/c1-7-10(5,6)8-9(2,3)4/h7H,1,8H2,2-6H3. The summed E-state index contributed by atoms with van der Waals surface area (Å²) in [5.41, 5.74) is 0.704. The van der Waals surface area contributed by atoms with Gasteiger partial charge in [-0.1, -0.05) is 40.7 Å². The quantitative estimate of drug-likeness (QED) is 0.514. The smallest absolute Gasteiger partial charge is 0.0173 e. The van der Waals surface area contributed by atoms with E-state index in [1.165, 1.54) is 6.42 Å². The summed E-state index contributed by atoms with van der Waals surface area (Å²) in [6.45, 7) is 15.1. The summed E-state index contributed by atoms with van der Waals surface area (Å²) in [6, 6.07) is 0. The van der Waals surface area contributed by atoms with Crippen LogP contribution in [0.1, 0.15) is 41.0 Å². The molecule has 0 rings (SSSR count). The Bertz CT molecular complexity index is 112. The van der Waals surface area contributed by atoms with E-state index >= 15 is 0 Å². The monoisotopic (exact) mass is 140 g/mol. The lowest BCUT2D eigenvalue weighted by Crippen LogP contribution is -2.17. The van der Waals surface area contributed by atoms with Crippen LogP contribution in [0.25, 0.3) is 0 Å². The Morgan fingerprint density at radius 2 is 1.50 bits per heavy atom. The summed E-state index contributed by atoms with van der Waals surface area (Å²) in [5, 5.41) is 0. The van der Waals surface area contributed by atoms with Crippen molar-refractivity contribution in [1.29, 1.82) is 0 Å². The molecule has 0 heterocycles. The second-order valence-corrected chi connectivity index (χ2v) is 4.93. The molecule has 10 heavy (non-hydrogen) atoms. The van der Waals surface area contributed by atoms with Gasteiger partial charge in [0.2, 0.25) is 0 Å². The second kappa shape index (κ2) is 2.77. The van der Waals surface area contributed by atoms with Crippen molar-refractivity contribution in [1.82, 2.24) is 0 Å². The zero-order valence-electron chi connectivity index (χ0n) is 7.99. The van der Waals surface area contributed by atoms with Gasteiger partial charge >= 0.3 is 0 Å². The maximum atomic E-state index is 3.82. The Morgan fingerprint density at radius 3 is 1.60 bits per heavy atom. The average molecular weight is 140 g/mol. The van der Waals surface area contributed by atoms with Crippen LogP contribution in [0, 0.1) is 10.8 Å². The molecular weight excluding hydrogens is 120 g/mol. The van der Waals surface area contributed by atoms with Crippen LogP contribution in [0.4, 0.5) is 0 Å². The van der Waals surface area contributed by atoms with Crippen molar-refractivity contribution >= 4 is 0 Å². The molecule has 0 unspecified atom stereocenters. The fourth-order valence-corrected chi connectivity index (χ4v) is 1.44. The molecule has 0 aliphatic carbocycles. The first-order chi connectivity index (χ1) is 4.27. The molecule has 0 bridgehead atoms. The molecule has 0 aliphatic rings. The van der Waals surface area contributed by atoms with Crippen molar-refractivity contribution in [3.8, 4) is 0 Å². The van der Waals surface area contributed by atoms with Crippen molar-refractivity contribution in [3.63, 3.8) is 0 Å². The number of allylic oxidation sites excluding steroid dienone is 1. The van der Waals surface area contributed by atoms with E-state index in [0.717, 1.165) is 0 Å². The maximum absolute atomic E-state index is 3.82. The lowest BCUT2D eigenvalue weighted by Gasteiger charge is -2.29. The third kappa shape index (κ3) is 4.60. The van der Waals surface area contributed by atoms with Gasteiger partial charge in [-0.3, -0.25) is 0 Å². The molecule has 0 fully saturated rings. The van der Waals surface area contributed by atoms with Gasteiger partial charge < -0.3 is 0 Å². The first-order valence-electron chi connectivity index (χ1n) is 3.90. The zero-order valence-corrected chi connectivity index (χ0v) is 7.99. The van der Waals surface area contributed by atoms with E-state index in [9.17, 15) is 0 Å². The highest BCUT2D eigenvalue weighted by atomic mass is 14.3. The number of rotatable bonds is 2. The lowest BCUT2D eigenvalue weighted by atomic mass is 9.76. The highest BCUT2D eigenvalue weighted by Crippen LogP contribution is 2.33. The first kappa shape index (κ1) is 9.74. The minimum absolute atomic E-state index is 0.290. The third-order valence-corrected chi connectivity index (χ3v) is 1.54. The van der Waals surface area contributed by atoms with Gasteiger partial charge in [-0.05, 0) is 17.3 Å². The molecule has 0 aliphatic heterocycles. The van der Waals surface area contributed by atoms with Gasteiger partial charge in [0.15, 0.2) is 0 Å². The van der Waals surface area contributed by atoms with E-state index in [-0.39, 0.29) is 5.41 Å². The van der Waals surface area contributed by atoms with Crippen molar-refractivity contribution < 1.29 is 0 Å². The topological polar surface area (TPSA) is 0 Å². The molecule has 0 aromatic rings. The van der Waals surface area contributed by atoms with Gasteiger partial charge in [-0.2, -0.15) is 0 Å². The normalized spacial score (nSPS) is 13.3. The minimum atomic E-state index is 0.290. The predicted octanol–water partition coefficient (Wildman–Crippen LogP) is 3.63. The van der Waals surface area contributed by atoms with E-state index in [1.54, 1.807) is 0 Å². The van der Waals surface area contributed by atoms with E-state index in [1.807, 2.05) is 6.08 Å². The van der Waals surface area contributed by atoms with E-state index in [2.05, 4.69) is 41.2 Å². The molecule has 0 radical (unpaired) electrons. The molecular formula is C10H20. The van der Waals surface area contributed by atoms with Crippen molar-refractivity contribution in [2.45, 2.75) is 41.0 Å². The summed E-state index contributed by atoms with van der Waals surface area (Å²) in [5.74, 6) is 0. The Balaban J connectivity index is 4.01. The van der Waals surface area contributed by atoms with Crippen LogP contribution < -0.4 is 0 Å². The number of hydrogen-bond donors (Lipinski definition) is 0. The molecule has 0 aromatic heterocycles. The first-order valence-corrected chi connectivity index (χ1v) is 3.90. The Labute approximate surface area is 65.3 Å². The van der Waals surface area contributed by atoms with Crippen molar-refractivity contribution in [3.05, 3.63) is 12.7 Å². The van der Waals surface area contributed by atoms with Gasteiger partial charge in [0.05, 0.1) is 0 Å². The molecule has 0 amide bonds. The minimum Gasteiger partial charge on any atom is -0.103 e. The van der Waals surface area contributed by atoms with E-state index in [0.29, 0.717) is 5.41 Å². The van der Waals surface area contributed by atoms with Crippen LogP contribution in [0.2, 0.25) is 0 Å².